The Bertz CT molecular complexity index is 316. The third-order valence-corrected chi connectivity index (χ3v) is 5.01. The maximum absolute atomic E-state index is 6.40. The van der Waals surface area contributed by atoms with Crippen molar-refractivity contribution in [2.24, 2.45) is 11.7 Å². The highest BCUT2D eigenvalue weighted by Gasteiger charge is 2.34. The third-order valence-electron chi connectivity index (χ3n) is 3.07. The van der Waals surface area contributed by atoms with Gasteiger partial charge in [-0.3, -0.25) is 0 Å². The first-order valence-electron chi connectivity index (χ1n) is 5.01. The van der Waals surface area contributed by atoms with Crippen LogP contribution in [0.4, 0.5) is 0 Å². The number of nitrogens with zero attached hydrogens (tertiary/aromatic N) is 1. The molecule has 0 unspecified atom stereocenters. The molecule has 1 aliphatic carbocycles. The Morgan fingerprint density at radius 2 is 2.21 bits per heavy atom. The van der Waals surface area contributed by atoms with E-state index >= 15 is 0 Å². The van der Waals surface area contributed by atoms with Crippen LogP contribution in [0.5, 0.6) is 0 Å². The molecule has 0 saturated heterocycles. The minimum Gasteiger partial charge on any atom is -0.319 e. The van der Waals surface area contributed by atoms with E-state index in [1.807, 2.05) is 6.20 Å². The first kappa shape index (κ1) is 10.8. The van der Waals surface area contributed by atoms with Gasteiger partial charge < -0.3 is 5.73 Å². The van der Waals surface area contributed by atoms with Gasteiger partial charge >= 0.3 is 0 Å². The number of halogens is 1. The molecule has 0 radical (unpaired) electrons. The van der Waals surface area contributed by atoms with Crippen molar-refractivity contribution in [2.75, 3.05) is 0 Å². The average molecular weight is 322 g/mol. The van der Waals surface area contributed by atoms with Crippen LogP contribution in [0.15, 0.2) is 6.20 Å². The number of rotatable bonds is 1. The van der Waals surface area contributed by atoms with Gasteiger partial charge in [0, 0.05) is 0 Å². The van der Waals surface area contributed by atoms with E-state index in [9.17, 15) is 0 Å². The predicted molar refractivity (Wildman–Crippen MR) is 68.3 cm³/mol. The van der Waals surface area contributed by atoms with E-state index in [4.69, 9.17) is 5.73 Å². The Labute approximate surface area is 102 Å². The van der Waals surface area contributed by atoms with E-state index in [1.165, 1.54) is 15.7 Å². The van der Waals surface area contributed by atoms with Gasteiger partial charge in [-0.25, -0.2) is 4.98 Å². The number of nitrogens with two attached hydrogens (primary N) is 1. The smallest absolute Gasteiger partial charge is 0.113 e. The van der Waals surface area contributed by atoms with Crippen LogP contribution in [0.2, 0.25) is 0 Å². The second-order valence-electron chi connectivity index (χ2n) is 4.31. The van der Waals surface area contributed by atoms with Crippen LogP contribution < -0.4 is 5.73 Å². The lowest BCUT2D eigenvalue weighted by molar-refractivity contribution is 0.247. The van der Waals surface area contributed by atoms with Crippen molar-refractivity contribution in [3.63, 3.8) is 0 Å². The molecule has 1 aromatic heterocycles. The van der Waals surface area contributed by atoms with Gasteiger partial charge in [0.25, 0.3) is 0 Å². The lowest BCUT2D eigenvalue weighted by Crippen LogP contribution is -2.39. The molecular formula is C10H15IN2S. The van der Waals surface area contributed by atoms with Crippen molar-refractivity contribution < 1.29 is 0 Å². The Morgan fingerprint density at radius 3 is 2.71 bits per heavy atom. The number of hydrogen-bond donors (Lipinski definition) is 1. The van der Waals surface area contributed by atoms with E-state index in [0.29, 0.717) is 0 Å². The van der Waals surface area contributed by atoms with Crippen LogP contribution in [0.1, 0.15) is 37.6 Å². The Kier molecular flexibility index (Phi) is 3.14. The molecule has 1 aliphatic rings. The molecule has 0 atom stereocenters. The van der Waals surface area contributed by atoms with Crippen LogP contribution >= 0.6 is 33.9 Å². The maximum Gasteiger partial charge on any atom is 0.113 e. The Hall–Kier alpha value is 0.320. The highest BCUT2D eigenvalue weighted by Crippen LogP contribution is 2.38. The molecule has 0 aromatic carbocycles. The van der Waals surface area contributed by atoms with Crippen molar-refractivity contribution in [3.8, 4) is 0 Å². The molecular weight excluding hydrogens is 307 g/mol. The Balaban J connectivity index is 2.16. The fourth-order valence-electron chi connectivity index (χ4n) is 1.98. The summed E-state index contributed by atoms with van der Waals surface area (Å²) >= 11 is 4.05. The van der Waals surface area contributed by atoms with Crippen molar-refractivity contribution in [1.82, 2.24) is 4.98 Å². The quantitative estimate of drug-likeness (QED) is 0.807. The number of aromatic nitrogens is 1. The molecule has 4 heteroatoms. The molecule has 78 valence electrons. The fourth-order valence-corrected chi connectivity index (χ4v) is 3.54. The van der Waals surface area contributed by atoms with Gasteiger partial charge in [-0.2, -0.15) is 0 Å². The molecule has 1 heterocycles. The van der Waals surface area contributed by atoms with Crippen LogP contribution in [0.3, 0.4) is 0 Å². The minimum atomic E-state index is -0.124. The van der Waals surface area contributed by atoms with E-state index in [-0.39, 0.29) is 5.54 Å². The molecule has 0 bridgehead atoms. The van der Waals surface area contributed by atoms with Crippen molar-refractivity contribution >= 4 is 33.9 Å². The molecule has 2 N–H and O–H groups in total. The SMILES string of the molecule is CC1CCC(N)(c2ncc(I)s2)CC1. The monoisotopic (exact) mass is 322 g/mol. The summed E-state index contributed by atoms with van der Waals surface area (Å²) in [6.45, 7) is 2.31. The molecule has 14 heavy (non-hydrogen) atoms. The van der Waals surface area contributed by atoms with Gasteiger partial charge in [0.15, 0.2) is 0 Å². The van der Waals surface area contributed by atoms with Crippen LogP contribution in [-0.4, -0.2) is 4.98 Å². The summed E-state index contributed by atoms with van der Waals surface area (Å²) in [4.78, 5) is 4.42. The summed E-state index contributed by atoms with van der Waals surface area (Å²) < 4.78 is 1.24. The van der Waals surface area contributed by atoms with Gasteiger partial charge in [0.05, 0.1) is 14.6 Å². The summed E-state index contributed by atoms with van der Waals surface area (Å²) in [7, 11) is 0. The van der Waals surface area contributed by atoms with Crippen LogP contribution in [0.25, 0.3) is 0 Å². The highest BCUT2D eigenvalue weighted by molar-refractivity contribution is 14.1. The molecule has 1 fully saturated rings. The summed E-state index contributed by atoms with van der Waals surface area (Å²) in [5, 5.41) is 1.13. The number of hydrogen-bond acceptors (Lipinski definition) is 3. The van der Waals surface area contributed by atoms with Crippen LogP contribution in [0, 0.1) is 8.80 Å². The zero-order valence-corrected chi connectivity index (χ0v) is 11.3. The molecule has 1 aromatic rings. The topological polar surface area (TPSA) is 38.9 Å². The highest BCUT2D eigenvalue weighted by atomic mass is 127. The first-order valence-corrected chi connectivity index (χ1v) is 6.90. The minimum absolute atomic E-state index is 0.124. The molecule has 2 nitrogen and oxygen atoms in total. The second kappa shape index (κ2) is 4.06. The largest absolute Gasteiger partial charge is 0.319 e. The van der Waals surface area contributed by atoms with Gasteiger partial charge in [0.2, 0.25) is 0 Å². The van der Waals surface area contributed by atoms with Gasteiger partial charge in [-0.1, -0.05) is 6.92 Å². The van der Waals surface area contributed by atoms with Gasteiger partial charge in [0.1, 0.15) is 5.01 Å². The van der Waals surface area contributed by atoms with E-state index in [2.05, 4.69) is 34.5 Å². The summed E-state index contributed by atoms with van der Waals surface area (Å²) in [5.41, 5.74) is 6.28. The zero-order chi connectivity index (χ0) is 10.2. The summed E-state index contributed by atoms with van der Waals surface area (Å²) in [6.07, 6.45) is 6.60. The number of thiazole rings is 1. The second-order valence-corrected chi connectivity index (χ2v) is 7.23. The fraction of sp³-hybridized carbons (Fsp3) is 0.700. The van der Waals surface area contributed by atoms with Crippen molar-refractivity contribution in [2.45, 2.75) is 38.1 Å². The summed E-state index contributed by atoms with van der Waals surface area (Å²) in [6, 6.07) is 0. The lowest BCUT2D eigenvalue weighted by Gasteiger charge is -2.34. The maximum atomic E-state index is 6.40. The van der Waals surface area contributed by atoms with Crippen LogP contribution in [-0.2, 0) is 5.54 Å². The molecule has 0 spiro atoms. The van der Waals surface area contributed by atoms with E-state index < -0.39 is 0 Å². The lowest BCUT2D eigenvalue weighted by atomic mass is 9.78. The molecule has 2 rings (SSSR count). The average Bonchev–Trinajstić information content (AvgIpc) is 2.58. The molecule has 1 saturated carbocycles. The van der Waals surface area contributed by atoms with E-state index in [1.54, 1.807) is 11.3 Å². The zero-order valence-electron chi connectivity index (χ0n) is 8.29. The Morgan fingerprint density at radius 1 is 1.57 bits per heavy atom. The molecule has 0 aliphatic heterocycles. The van der Waals surface area contributed by atoms with Crippen molar-refractivity contribution in [1.29, 1.82) is 0 Å². The third kappa shape index (κ3) is 2.12. The van der Waals surface area contributed by atoms with Crippen molar-refractivity contribution in [3.05, 3.63) is 14.1 Å². The van der Waals surface area contributed by atoms with Gasteiger partial charge in [-0.05, 0) is 54.2 Å². The van der Waals surface area contributed by atoms with E-state index in [0.717, 1.165) is 23.8 Å². The first-order chi connectivity index (χ1) is 6.60. The summed E-state index contributed by atoms with van der Waals surface area (Å²) in [5.74, 6) is 0.839. The predicted octanol–water partition coefficient (Wildman–Crippen LogP) is 3.11. The van der Waals surface area contributed by atoms with Gasteiger partial charge in [-0.15, -0.1) is 11.3 Å². The normalized spacial score (nSPS) is 33.2. The standard InChI is InChI=1S/C10H15IN2S/c1-7-2-4-10(12,5-3-7)9-13-6-8(11)14-9/h6-7H,2-5,12H2,1H3. The molecule has 0 amide bonds.